The number of hydrogen-bond acceptors (Lipinski definition) is 9. The second-order valence-corrected chi connectivity index (χ2v) is 8.29. The fourth-order valence-electron chi connectivity index (χ4n) is 3.32. The van der Waals surface area contributed by atoms with Gasteiger partial charge >= 0.3 is 11.9 Å². The topological polar surface area (TPSA) is 159 Å². The molecule has 0 radical (unpaired) electrons. The summed E-state index contributed by atoms with van der Waals surface area (Å²) in [7, 11) is 0. The van der Waals surface area contributed by atoms with Crippen LogP contribution in [0, 0.1) is 10.1 Å². The van der Waals surface area contributed by atoms with E-state index >= 15 is 0 Å². The number of ketones is 2. The third kappa shape index (κ3) is 8.42. The van der Waals surface area contributed by atoms with Gasteiger partial charge in [-0.05, 0) is 43.3 Å². The Morgan fingerprint density at radius 2 is 1.44 bits per heavy atom. The van der Waals surface area contributed by atoms with Crippen LogP contribution < -0.4 is 5.32 Å². The van der Waals surface area contributed by atoms with E-state index in [0.29, 0.717) is 11.3 Å². The molecule has 3 aromatic carbocycles. The molecule has 200 valence electrons. The summed E-state index contributed by atoms with van der Waals surface area (Å²) in [6, 6.07) is 19.1. The lowest BCUT2D eigenvalue weighted by molar-refractivity contribution is -0.384. The molecule has 11 heteroatoms. The Labute approximate surface area is 222 Å². The van der Waals surface area contributed by atoms with Crippen molar-refractivity contribution in [3.8, 4) is 0 Å². The van der Waals surface area contributed by atoms with Crippen LogP contribution >= 0.6 is 0 Å². The van der Waals surface area contributed by atoms with Gasteiger partial charge in [-0.25, -0.2) is 4.79 Å². The van der Waals surface area contributed by atoms with Crippen LogP contribution in [0.5, 0.6) is 0 Å². The number of benzene rings is 3. The average Bonchev–Trinajstić information content (AvgIpc) is 2.95. The van der Waals surface area contributed by atoms with Gasteiger partial charge in [0.1, 0.15) is 0 Å². The smallest absolute Gasteiger partial charge is 0.338 e. The van der Waals surface area contributed by atoms with Crippen molar-refractivity contribution in [2.24, 2.45) is 0 Å². The van der Waals surface area contributed by atoms with Gasteiger partial charge in [0.2, 0.25) is 11.7 Å². The number of ether oxygens (including phenoxy) is 2. The minimum atomic E-state index is -0.983. The monoisotopic (exact) mass is 532 g/mol. The number of rotatable bonds is 12. The zero-order chi connectivity index (χ0) is 28.4. The van der Waals surface area contributed by atoms with E-state index in [2.05, 4.69) is 5.32 Å². The van der Waals surface area contributed by atoms with Gasteiger partial charge in [0, 0.05) is 35.4 Å². The van der Waals surface area contributed by atoms with Crippen molar-refractivity contribution in [3.63, 3.8) is 0 Å². The maximum atomic E-state index is 12.4. The number of anilines is 1. The number of nitrogens with zero attached hydrogens (tertiary/aromatic N) is 1. The quantitative estimate of drug-likeness (QED) is 0.156. The van der Waals surface area contributed by atoms with E-state index in [0.717, 1.165) is 0 Å². The molecule has 3 rings (SSSR count). The van der Waals surface area contributed by atoms with Gasteiger partial charge in [0.05, 0.1) is 16.9 Å². The third-order valence-electron chi connectivity index (χ3n) is 5.44. The van der Waals surface area contributed by atoms with Gasteiger partial charge in [-0.1, -0.05) is 30.3 Å². The lowest BCUT2D eigenvalue weighted by Gasteiger charge is -2.12. The van der Waals surface area contributed by atoms with E-state index in [1.54, 1.807) is 30.3 Å². The Kier molecular flexibility index (Phi) is 9.74. The molecular formula is C28H24N2O9. The maximum Gasteiger partial charge on any atom is 0.338 e. The van der Waals surface area contributed by atoms with Crippen molar-refractivity contribution in [2.45, 2.75) is 25.9 Å². The summed E-state index contributed by atoms with van der Waals surface area (Å²) < 4.78 is 10.1. The zero-order valence-corrected chi connectivity index (χ0v) is 20.8. The Bertz CT molecular complexity index is 1370. The van der Waals surface area contributed by atoms with E-state index in [9.17, 15) is 34.1 Å². The highest BCUT2D eigenvalue weighted by atomic mass is 16.6. The van der Waals surface area contributed by atoms with Crippen molar-refractivity contribution >= 4 is 40.8 Å². The largest absolute Gasteiger partial charge is 0.457 e. The molecule has 0 spiro atoms. The van der Waals surface area contributed by atoms with E-state index in [-0.39, 0.29) is 35.4 Å². The molecule has 0 aliphatic carbocycles. The first-order valence-corrected chi connectivity index (χ1v) is 11.8. The molecular weight excluding hydrogens is 508 g/mol. The predicted octanol–water partition coefficient (Wildman–Crippen LogP) is 4.17. The number of nitrogens with one attached hydrogen (secondary N) is 1. The standard InChI is InChI=1S/C28H24N2O9/c1-18(27(34)20-5-3-2-4-6-20)39-28(35)21-7-11-22(12-8-21)29-25(32)15-16-26(33)38-17-24(31)19-9-13-23(14-10-19)30(36)37/h2-14,18H,15-17H2,1H3,(H,29,32)/t18-/m1/s1. The Morgan fingerprint density at radius 3 is 2.05 bits per heavy atom. The van der Waals surface area contributed by atoms with Gasteiger partial charge in [0.15, 0.2) is 18.5 Å². The first-order valence-electron chi connectivity index (χ1n) is 11.8. The van der Waals surface area contributed by atoms with E-state index in [4.69, 9.17) is 9.47 Å². The molecule has 0 unspecified atom stereocenters. The van der Waals surface area contributed by atoms with Crippen molar-refractivity contribution in [1.82, 2.24) is 0 Å². The molecule has 0 bridgehead atoms. The summed E-state index contributed by atoms with van der Waals surface area (Å²) >= 11 is 0. The molecule has 11 nitrogen and oxygen atoms in total. The molecule has 0 saturated carbocycles. The number of esters is 2. The fraction of sp³-hybridized carbons (Fsp3) is 0.179. The first-order chi connectivity index (χ1) is 18.6. The molecule has 3 aromatic rings. The molecule has 1 amide bonds. The number of carbonyl (C=O) groups excluding carboxylic acids is 5. The van der Waals surface area contributed by atoms with Gasteiger partial charge < -0.3 is 14.8 Å². The first kappa shape index (κ1) is 28.4. The number of Topliss-reactive ketones (excluding diaryl/α,β-unsaturated/α-hetero) is 2. The van der Waals surface area contributed by atoms with Crippen LogP contribution in [-0.4, -0.2) is 47.0 Å². The van der Waals surface area contributed by atoms with E-state index < -0.39 is 41.3 Å². The van der Waals surface area contributed by atoms with Crippen LogP contribution in [0.15, 0.2) is 78.9 Å². The maximum absolute atomic E-state index is 12.4. The lowest BCUT2D eigenvalue weighted by atomic mass is 10.1. The number of carbonyl (C=O) groups is 5. The minimum absolute atomic E-state index is 0.149. The van der Waals surface area contributed by atoms with Gasteiger partial charge in [-0.15, -0.1) is 0 Å². The highest BCUT2D eigenvalue weighted by Gasteiger charge is 2.20. The number of nitro benzene ring substituents is 1. The normalized spacial score (nSPS) is 11.1. The number of hydrogen-bond donors (Lipinski definition) is 1. The van der Waals surface area contributed by atoms with Crippen molar-refractivity contribution in [3.05, 3.63) is 106 Å². The van der Waals surface area contributed by atoms with E-state index in [1.165, 1.54) is 55.5 Å². The second kappa shape index (κ2) is 13.4. The van der Waals surface area contributed by atoms with Crippen LogP contribution in [0.2, 0.25) is 0 Å². The molecule has 0 heterocycles. The Balaban J connectivity index is 1.40. The number of amides is 1. The molecule has 0 aromatic heterocycles. The van der Waals surface area contributed by atoms with Gasteiger partial charge in [-0.2, -0.15) is 0 Å². The molecule has 1 atom stereocenters. The third-order valence-corrected chi connectivity index (χ3v) is 5.44. The predicted molar refractivity (Wildman–Crippen MR) is 138 cm³/mol. The highest BCUT2D eigenvalue weighted by molar-refractivity contribution is 6.01. The molecule has 0 aliphatic rings. The number of nitro groups is 1. The van der Waals surface area contributed by atoms with E-state index in [1.807, 2.05) is 0 Å². The van der Waals surface area contributed by atoms with Crippen molar-refractivity contribution < 1.29 is 38.4 Å². The number of non-ortho nitro benzene ring substituents is 1. The summed E-state index contributed by atoms with van der Waals surface area (Å²) in [5, 5.41) is 13.2. The lowest BCUT2D eigenvalue weighted by Crippen LogP contribution is -2.24. The van der Waals surface area contributed by atoms with Gasteiger partial charge in [-0.3, -0.25) is 29.3 Å². The second-order valence-electron chi connectivity index (χ2n) is 8.29. The Morgan fingerprint density at radius 1 is 0.821 bits per heavy atom. The summed E-state index contributed by atoms with van der Waals surface area (Å²) in [6.45, 7) is 0.920. The SMILES string of the molecule is C[C@@H](OC(=O)c1ccc(NC(=O)CCC(=O)OCC(=O)c2ccc([N+](=O)[O-])cc2)cc1)C(=O)c1ccccc1. The Hall–Kier alpha value is -5.19. The van der Waals surface area contributed by atoms with Gasteiger partial charge in [0.25, 0.3) is 5.69 Å². The average molecular weight is 533 g/mol. The summed E-state index contributed by atoms with van der Waals surface area (Å²) in [5.41, 5.74) is 0.953. The fourth-order valence-corrected chi connectivity index (χ4v) is 3.32. The van der Waals surface area contributed by atoms with Crippen molar-refractivity contribution in [2.75, 3.05) is 11.9 Å². The minimum Gasteiger partial charge on any atom is -0.457 e. The molecule has 0 aliphatic heterocycles. The van der Waals surface area contributed by atoms with Crippen LogP contribution in [0.4, 0.5) is 11.4 Å². The molecule has 1 N–H and O–H groups in total. The van der Waals surface area contributed by atoms with Crippen LogP contribution in [0.1, 0.15) is 50.8 Å². The van der Waals surface area contributed by atoms with Crippen molar-refractivity contribution in [1.29, 1.82) is 0 Å². The summed E-state index contributed by atoms with van der Waals surface area (Å²) in [6.07, 6.45) is -1.48. The summed E-state index contributed by atoms with van der Waals surface area (Å²) in [5.74, 6) is -2.83. The zero-order valence-electron chi connectivity index (χ0n) is 20.8. The van der Waals surface area contributed by atoms with Crippen LogP contribution in [0.25, 0.3) is 0 Å². The molecule has 0 fully saturated rings. The molecule has 39 heavy (non-hydrogen) atoms. The molecule has 0 saturated heterocycles. The van der Waals surface area contributed by atoms with Crippen LogP contribution in [-0.2, 0) is 19.1 Å². The highest BCUT2D eigenvalue weighted by Crippen LogP contribution is 2.15. The summed E-state index contributed by atoms with van der Waals surface area (Å²) in [4.78, 5) is 71.0. The van der Waals surface area contributed by atoms with Crippen LogP contribution in [0.3, 0.4) is 0 Å².